The fourth-order valence-electron chi connectivity index (χ4n) is 3.67. The molecule has 1 aliphatic heterocycles. The van der Waals surface area contributed by atoms with E-state index in [4.69, 9.17) is 4.52 Å². The van der Waals surface area contributed by atoms with Crippen molar-refractivity contribution in [2.24, 2.45) is 0 Å². The third kappa shape index (κ3) is 4.31. The van der Waals surface area contributed by atoms with Gasteiger partial charge in [-0.25, -0.2) is 0 Å². The second kappa shape index (κ2) is 8.83. The Balaban J connectivity index is 1.44. The minimum atomic E-state index is -0.574. The lowest BCUT2D eigenvalue weighted by Crippen LogP contribution is -2.49. The van der Waals surface area contributed by atoms with Crippen LogP contribution in [0.15, 0.2) is 46.3 Å². The van der Waals surface area contributed by atoms with Crippen LogP contribution in [-0.2, 0) is 17.8 Å². The summed E-state index contributed by atoms with van der Waals surface area (Å²) in [5, 5.41) is 8.94. The van der Waals surface area contributed by atoms with E-state index in [0.717, 1.165) is 24.0 Å². The van der Waals surface area contributed by atoms with Crippen LogP contribution in [0.3, 0.4) is 0 Å². The molecule has 30 heavy (non-hydrogen) atoms. The second-order valence-electron chi connectivity index (χ2n) is 7.64. The van der Waals surface area contributed by atoms with Gasteiger partial charge in [0.15, 0.2) is 0 Å². The van der Waals surface area contributed by atoms with Crippen molar-refractivity contribution in [3.63, 3.8) is 0 Å². The molecule has 0 saturated carbocycles. The van der Waals surface area contributed by atoms with Crippen LogP contribution >= 0.6 is 11.3 Å². The molecule has 2 amide bonds. The van der Waals surface area contributed by atoms with Crippen LogP contribution in [0.4, 0.5) is 0 Å². The molecule has 3 aromatic rings. The molecule has 156 valence electrons. The Kier molecular flexibility index (Phi) is 5.99. The smallest absolute Gasteiger partial charge is 0.290 e. The van der Waals surface area contributed by atoms with Crippen LogP contribution in [0.1, 0.15) is 46.3 Å². The number of hydrogen-bond acceptors (Lipinski definition) is 5. The maximum absolute atomic E-state index is 13.1. The largest absolute Gasteiger partial charge is 0.350 e. The quantitative estimate of drug-likeness (QED) is 0.645. The number of hydrogen-bond donors (Lipinski definition) is 1. The van der Waals surface area contributed by atoms with Gasteiger partial charge in [0.05, 0.1) is 0 Å². The Bertz CT molecular complexity index is 1040. The molecule has 0 saturated heterocycles. The highest BCUT2D eigenvalue weighted by Gasteiger charge is 2.29. The third-order valence-corrected chi connectivity index (χ3v) is 6.40. The first-order valence-corrected chi connectivity index (χ1v) is 11.1. The number of amides is 2. The summed E-state index contributed by atoms with van der Waals surface area (Å²) in [6, 6.07) is 11.0. The van der Waals surface area contributed by atoms with Gasteiger partial charge in [-0.3, -0.25) is 9.59 Å². The predicted molar refractivity (Wildman–Crippen MR) is 116 cm³/mol. The maximum atomic E-state index is 13.1. The van der Waals surface area contributed by atoms with Gasteiger partial charge in [0.2, 0.25) is 11.7 Å². The van der Waals surface area contributed by atoms with Gasteiger partial charge in [0.1, 0.15) is 11.7 Å². The zero-order chi connectivity index (χ0) is 21.1. The summed E-state index contributed by atoms with van der Waals surface area (Å²) in [6.07, 6.45) is 2.24. The molecule has 4 rings (SSSR count). The summed E-state index contributed by atoms with van der Waals surface area (Å²) >= 11 is 1.74. The van der Waals surface area contributed by atoms with Gasteiger partial charge >= 0.3 is 0 Å². The Hall–Kier alpha value is -2.93. The molecule has 2 aromatic heterocycles. The number of thiophene rings is 1. The molecule has 0 bridgehead atoms. The van der Waals surface area contributed by atoms with Crippen molar-refractivity contribution in [3.8, 4) is 11.3 Å². The van der Waals surface area contributed by atoms with E-state index in [1.807, 2.05) is 43.0 Å². The molecule has 1 aliphatic rings. The van der Waals surface area contributed by atoms with Gasteiger partial charge in [-0.15, -0.1) is 11.3 Å². The minimum absolute atomic E-state index is 0.0414. The first-order valence-electron chi connectivity index (χ1n) is 10.2. The first-order chi connectivity index (χ1) is 14.5. The summed E-state index contributed by atoms with van der Waals surface area (Å²) in [5.74, 6) is -0.348. The van der Waals surface area contributed by atoms with Crippen LogP contribution in [0.25, 0.3) is 11.3 Å². The summed E-state index contributed by atoms with van der Waals surface area (Å²) in [6.45, 7) is 5.30. The van der Waals surface area contributed by atoms with E-state index in [0.29, 0.717) is 25.2 Å². The highest BCUT2D eigenvalue weighted by molar-refractivity contribution is 7.10. The van der Waals surface area contributed by atoms with Crippen LogP contribution in [-0.4, -0.2) is 34.5 Å². The number of fused-ring (bicyclic) bond motifs is 1. The number of aromatic nitrogens is 1. The lowest BCUT2D eigenvalue weighted by atomic mass is 10.1. The van der Waals surface area contributed by atoms with E-state index in [9.17, 15) is 9.59 Å². The lowest BCUT2D eigenvalue weighted by Gasteiger charge is -2.30. The second-order valence-corrected chi connectivity index (χ2v) is 8.64. The summed E-state index contributed by atoms with van der Waals surface area (Å²) in [5.41, 5.74) is 3.83. The molecule has 3 heterocycles. The normalized spacial score (nSPS) is 14.3. The van der Waals surface area contributed by atoms with E-state index in [-0.39, 0.29) is 11.7 Å². The summed E-state index contributed by atoms with van der Waals surface area (Å²) in [7, 11) is 0. The van der Waals surface area contributed by atoms with E-state index < -0.39 is 11.9 Å². The molecule has 1 atom stereocenters. The zero-order valence-corrected chi connectivity index (χ0v) is 18.0. The van der Waals surface area contributed by atoms with Gasteiger partial charge in [0, 0.05) is 29.6 Å². The Morgan fingerprint density at radius 2 is 2.07 bits per heavy atom. The SMILES string of the molecule is CCCC(NC(=O)c1cc(-c2ccc(C)cc2)no1)C(=O)N1CCc2sccc2C1. The van der Waals surface area contributed by atoms with Crippen molar-refractivity contribution < 1.29 is 14.1 Å². The maximum Gasteiger partial charge on any atom is 0.290 e. The van der Waals surface area contributed by atoms with Gasteiger partial charge in [-0.1, -0.05) is 48.3 Å². The molecule has 0 radical (unpaired) electrons. The van der Waals surface area contributed by atoms with E-state index >= 15 is 0 Å². The highest BCUT2D eigenvalue weighted by Crippen LogP contribution is 2.25. The van der Waals surface area contributed by atoms with Crippen LogP contribution in [0.2, 0.25) is 0 Å². The standard InChI is InChI=1S/C23H25N3O3S/c1-3-4-18(23(28)26-11-9-21-17(14-26)10-12-30-21)24-22(27)20-13-19(25-29-20)16-7-5-15(2)6-8-16/h5-8,10,12-13,18H,3-4,9,11,14H2,1-2H3,(H,24,27). The van der Waals surface area contributed by atoms with Gasteiger partial charge in [-0.05, 0) is 36.8 Å². The monoisotopic (exact) mass is 423 g/mol. The molecule has 6 nitrogen and oxygen atoms in total. The van der Waals surface area contributed by atoms with Crippen molar-refractivity contribution in [3.05, 3.63) is 63.5 Å². The van der Waals surface area contributed by atoms with Crippen molar-refractivity contribution in [1.29, 1.82) is 0 Å². The molecule has 1 N–H and O–H groups in total. The van der Waals surface area contributed by atoms with Gasteiger partial charge < -0.3 is 14.7 Å². The van der Waals surface area contributed by atoms with Crippen LogP contribution < -0.4 is 5.32 Å². The Labute approximate surface area is 179 Å². The summed E-state index contributed by atoms with van der Waals surface area (Å²) < 4.78 is 5.27. The van der Waals surface area contributed by atoms with Crippen LogP contribution in [0, 0.1) is 6.92 Å². The predicted octanol–water partition coefficient (Wildman–Crippen LogP) is 4.19. The number of benzene rings is 1. The summed E-state index contributed by atoms with van der Waals surface area (Å²) in [4.78, 5) is 29.1. The third-order valence-electron chi connectivity index (χ3n) is 5.38. The van der Waals surface area contributed by atoms with E-state index in [1.165, 1.54) is 10.4 Å². The fourth-order valence-corrected chi connectivity index (χ4v) is 4.56. The number of rotatable bonds is 6. The fraction of sp³-hybridized carbons (Fsp3) is 0.348. The molecule has 7 heteroatoms. The molecule has 0 spiro atoms. The van der Waals surface area contributed by atoms with E-state index in [1.54, 1.807) is 17.4 Å². The van der Waals surface area contributed by atoms with Gasteiger partial charge in [-0.2, -0.15) is 0 Å². The van der Waals surface area contributed by atoms with Gasteiger partial charge in [0.25, 0.3) is 5.91 Å². The molecular formula is C23H25N3O3S. The van der Waals surface area contributed by atoms with Crippen molar-refractivity contribution in [2.75, 3.05) is 6.54 Å². The lowest BCUT2D eigenvalue weighted by molar-refractivity contribution is -0.134. The molecule has 1 unspecified atom stereocenters. The number of carbonyl (C=O) groups excluding carboxylic acids is 2. The van der Waals surface area contributed by atoms with Crippen molar-refractivity contribution in [2.45, 2.75) is 45.7 Å². The van der Waals surface area contributed by atoms with Crippen molar-refractivity contribution >= 4 is 23.2 Å². The Morgan fingerprint density at radius 3 is 2.83 bits per heavy atom. The highest BCUT2D eigenvalue weighted by atomic mass is 32.1. The average Bonchev–Trinajstić information content (AvgIpc) is 3.42. The number of aryl methyl sites for hydroxylation is 1. The van der Waals surface area contributed by atoms with Crippen LogP contribution in [0.5, 0.6) is 0 Å². The minimum Gasteiger partial charge on any atom is -0.350 e. The number of nitrogens with zero attached hydrogens (tertiary/aromatic N) is 2. The Morgan fingerprint density at radius 1 is 1.27 bits per heavy atom. The zero-order valence-electron chi connectivity index (χ0n) is 17.2. The first kappa shape index (κ1) is 20.3. The van der Waals surface area contributed by atoms with E-state index in [2.05, 4.69) is 21.9 Å². The molecular weight excluding hydrogens is 398 g/mol. The molecule has 0 aliphatic carbocycles. The molecule has 1 aromatic carbocycles. The number of nitrogens with one attached hydrogen (secondary N) is 1. The molecule has 0 fully saturated rings. The van der Waals surface area contributed by atoms with Crippen molar-refractivity contribution in [1.82, 2.24) is 15.4 Å². The average molecular weight is 424 g/mol. The number of carbonyl (C=O) groups is 2. The topological polar surface area (TPSA) is 75.4 Å².